The Balaban J connectivity index is 3.05. The van der Waals surface area contributed by atoms with Gasteiger partial charge in [-0.3, -0.25) is 4.79 Å². The summed E-state index contributed by atoms with van der Waals surface area (Å²) in [6, 6.07) is 0. The minimum atomic E-state index is -0.733. The van der Waals surface area contributed by atoms with Crippen LogP contribution in [0.25, 0.3) is 0 Å². The summed E-state index contributed by atoms with van der Waals surface area (Å²) in [5.41, 5.74) is 0. The molecule has 1 aliphatic rings. The van der Waals surface area contributed by atoms with Crippen LogP contribution in [0.5, 0.6) is 0 Å². The topological polar surface area (TPSA) is 72.5 Å². The van der Waals surface area contributed by atoms with Crippen molar-refractivity contribution < 1.29 is 33.2 Å². The van der Waals surface area contributed by atoms with Gasteiger partial charge in [-0.25, -0.2) is 0 Å². The van der Waals surface area contributed by atoms with Crippen molar-refractivity contribution in [2.24, 2.45) is 0 Å². The quantitative estimate of drug-likeness (QED) is 0.169. The Labute approximate surface area is 190 Å². The number of rotatable bonds is 17. The smallest absolute Gasteiger partial charge is 0.303 e. The van der Waals surface area contributed by atoms with Crippen molar-refractivity contribution in [3.63, 3.8) is 0 Å². The standard InChI is InChI=1S/C22H41BrO7/c1-5-8-12-25-16-18-19(26-13-9-6-2)20(27-14-10-7-3)21(29-17(4)24)22(30-18)28-15-11-23/h18-22H,5-16H2,1-4H3/t18?,19-,20?,21-,22+/m1/s1. The SMILES string of the molecule is CCCCOCC1O[C@H](OCCBr)[C@H](OC(C)=O)C(OCCCC)[C@@H]1OCCCC. The molecule has 1 fully saturated rings. The minimum Gasteiger partial charge on any atom is -0.454 e. The second-order valence-corrected chi connectivity index (χ2v) is 8.28. The van der Waals surface area contributed by atoms with Gasteiger partial charge in [0.1, 0.15) is 18.3 Å². The summed E-state index contributed by atoms with van der Waals surface area (Å²) in [6.07, 6.45) is 3.26. The molecule has 0 radical (unpaired) electrons. The van der Waals surface area contributed by atoms with E-state index in [9.17, 15) is 4.79 Å². The summed E-state index contributed by atoms with van der Waals surface area (Å²) in [6.45, 7) is 10.4. The molecule has 7 nitrogen and oxygen atoms in total. The van der Waals surface area contributed by atoms with Gasteiger partial charge in [-0.1, -0.05) is 56.0 Å². The monoisotopic (exact) mass is 496 g/mol. The van der Waals surface area contributed by atoms with E-state index in [0.29, 0.717) is 38.4 Å². The van der Waals surface area contributed by atoms with Crippen molar-refractivity contribution in [3.05, 3.63) is 0 Å². The molecule has 1 saturated heterocycles. The first kappa shape index (κ1) is 27.8. The van der Waals surface area contributed by atoms with Gasteiger partial charge < -0.3 is 28.4 Å². The third-order valence-electron chi connectivity index (χ3n) is 4.79. The highest BCUT2D eigenvalue weighted by Crippen LogP contribution is 2.30. The summed E-state index contributed by atoms with van der Waals surface area (Å²) >= 11 is 3.37. The Morgan fingerprint density at radius 1 is 0.833 bits per heavy atom. The van der Waals surface area contributed by atoms with Crippen LogP contribution in [0.3, 0.4) is 0 Å². The van der Waals surface area contributed by atoms with Gasteiger partial charge in [0.05, 0.1) is 13.2 Å². The molecule has 0 N–H and O–H groups in total. The van der Waals surface area contributed by atoms with Gasteiger partial charge in [0.25, 0.3) is 0 Å². The highest BCUT2D eigenvalue weighted by atomic mass is 79.9. The van der Waals surface area contributed by atoms with Gasteiger partial charge in [-0.15, -0.1) is 0 Å². The molecule has 0 bridgehead atoms. The minimum absolute atomic E-state index is 0.363. The maximum atomic E-state index is 11.8. The van der Waals surface area contributed by atoms with E-state index >= 15 is 0 Å². The number of carbonyl (C=O) groups excluding carboxylic acids is 1. The first-order chi connectivity index (χ1) is 14.6. The van der Waals surface area contributed by atoms with E-state index in [4.69, 9.17) is 28.4 Å². The first-order valence-corrected chi connectivity index (χ1v) is 12.5. The van der Waals surface area contributed by atoms with Crippen LogP contribution in [0.2, 0.25) is 0 Å². The third-order valence-corrected chi connectivity index (χ3v) is 5.12. The van der Waals surface area contributed by atoms with Crippen LogP contribution in [0.15, 0.2) is 0 Å². The Morgan fingerprint density at radius 2 is 1.43 bits per heavy atom. The van der Waals surface area contributed by atoms with Gasteiger partial charge in [0, 0.05) is 32.1 Å². The van der Waals surface area contributed by atoms with Crippen LogP contribution in [0.1, 0.15) is 66.2 Å². The lowest BCUT2D eigenvalue weighted by Gasteiger charge is -2.45. The summed E-state index contributed by atoms with van der Waals surface area (Å²) in [4.78, 5) is 11.8. The highest BCUT2D eigenvalue weighted by molar-refractivity contribution is 9.09. The Bertz CT molecular complexity index is 438. The molecule has 0 aliphatic carbocycles. The van der Waals surface area contributed by atoms with Crippen LogP contribution in [-0.4, -0.2) is 75.0 Å². The Hall–Kier alpha value is -0.250. The van der Waals surface area contributed by atoms with Crippen molar-refractivity contribution >= 4 is 21.9 Å². The molecule has 8 heteroatoms. The van der Waals surface area contributed by atoms with Crippen LogP contribution >= 0.6 is 15.9 Å². The third kappa shape index (κ3) is 10.4. The summed E-state index contributed by atoms with van der Waals surface area (Å²) in [5, 5.41) is 0.648. The molecule has 1 rings (SSSR count). The van der Waals surface area contributed by atoms with Crippen LogP contribution in [0, 0.1) is 0 Å². The van der Waals surface area contributed by atoms with Gasteiger partial charge in [0.15, 0.2) is 12.4 Å². The van der Waals surface area contributed by atoms with Crippen molar-refractivity contribution in [3.8, 4) is 0 Å². The fourth-order valence-corrected chi connectivity index (χ4v) is 3.38. The molecular weight excluding hydrogens is 456 g/mol. The normalized spacial score (nSPS) is 26.6. The van der Waals surface area contributed by atoms with Crippen molar-refractivity contribution in [2.75, 3.05) is 38.4 Å². The summed E-state index contributed by atoms with van der Waals surface area (Å²) in [5.74, 6) is -0.398. The molecule has 0 saturated carbocycles. The van der Waals surface area contributed by atoms with E-state index in [1.807, 2.05) is 0 Å². The number of halogens is 1. The number of hydrogen-bond acceptors (Lipinski definition) is 7. The van der Waals surface area contributed by atoms with E-state index in [0.717, 1.165) is 38.5 Å². The molecule has 0 aromatic heterocycles. The van der Waals surface area contributed by atoms with Gasteiger partial charge in [-0.2, -0.15) is 0 Å². The van der Waals surface area contributed by atoms with Crippen molar-refractivity contribution in [2.45, 2.75) is 96.9 Å². The Kier molecular flexibility index (Phi) is 16.0. The predicted molar refractivity (Wildman–Crippen MR) is 119 cm³/mol. The lowest BCUT2D eigenvalue weighted by molar-refractivity contribution is -0.316. The van der Waals surface area contributed by atoms with Crippen LogP contribution in [-0.2, 0) is 33.2 Å². The van der Waals surface area contributed by atoms with Gasteiger partial charge >= 0.3 is 5.97 Å². The van der Waals surface area contributed by atoms with Gasteiger partial charge in [0.2, 0.25) is 0 Å². The lowest BCUT2D eigenvalue weighted by Crippen LogP contribution is -2.62. The number of unbranched alkanes of at least 4 members (excludes halogenated alkanes) is 3. The van der Waals surface area contributed by atoms with E-state index < -0.39 is 30.6 Å². The number of ether oxygens (including phenoxy) is 6. The maximum Gasteiger partial charge on any atom is 0.303 e. The second kappa shape index (κ2) is 17.3. The molecule has 30 heavy (non-hydrogen) atoms. The average Bonchev–Trinajstić information content (AvgIpc) is 2.72. The number of esters is 1. The fourth-order valence-electron chi connectivity index (χ4n) is 3.19. The molecule has 0 spiro atoms. The zero-order chi connectivity index (χ0) is 22.2. The zero-order valence-corrected chi connectivity index (χ0v) is 20.7. The Morgan fingerprint density at radius 3 is 2.00 bits per heavy atom. The molecular formula is C22H41BrO7. The van der Waals surface area contributed by atoms with E-state index in [-0.39, 0.29) is 6.10 Å². The predicted octanol–water partition coefficient (Wildman–Crippen LogP) is 4.24. The highest BCUT2D eigenvalue weighted by Gasteiger charge is 2.50. The number of carbonyl (C=O) groups is 1. The van der Waals surface area contributed by atoms with Gasteiger partial charge in [-0.05, 0) is 19.3 Å². The van der Waals surface area contributed by atoms with Crippen molar-refractivity contribution in [1.29, 1.82) is 0 Å². The second-order valence-electron chi connectivity index (χ2n) is 7.48. The first-order valence-electron chi connectivity index (χ1n) is 11.4. The fraction of sp³-hybridized carbons (Fsp3) is 0.955. The van der Waals surface area contributed by atoms with E-state index in [2.05, 4.69) is 36.7 Å². The van der Waals surface area contributed by atoms with E-state index in [1.165, 1.54) is 6.92 Å². The number of alkyl halides is 1. The molecule has 5 atom stereocenters. The van der Waals surface area contributed by atoms with Crippen molar-refractivity contribution in [1.82, 2.24) is 0 Å². The average molecular weight is 497 g/mol. The molecule has 0 aromatic carbocycles. The molecule has 0 amide bonds. The van der Waals surface area contributed by atoms with E-state index in [1.54, 1.807) is 0 Å². The van der Waals surface area contributed by atoms with Crippen LogP contribution in [0.4, 0.5) is 0 Å². The molecule has 1 heterocycles. The molecule has 178 valence electrons. The largest absolute Gasteiger partial charge is 0.454 e. The lowest BCUT2D eigenvalue weighted by atomic mass is 9.98. The maximum absolute atomic E-state index is 11.8. The summed E-state index contributed by atoms with van der Waals surface area (Å²) in [7, 11) is 0. The summed E-state index contributed by atoms with van der Waals surface area (Å²) < 4.78 is 36.0. The number of hydrogen-bond donors (Lipinski definition) is 0. The van der Waals surface area contributed by atoms with Crippen LogP contribution < -0.4 is 0 Å². The molecule has 1 aliphatic heterocycles. The zero-order valence-electron chi connectivity index (χ0n) is 19.1. The molecule has 2 unspecified atom stereocenters. The molecule has 0 aromatic rings.